The monoisotopic (exact) mass is 322 g/mol. The van der Waals surface area contributed by atoms with Gasteiger partial charge in [-0.1, -0.05) is 0 Å². The number of hydrogen-bond donors (Lipinski definition) is 1. The number of hydroxylamine groups is 2. The van der Waals surface area contributed by atoms with E-state index in [1.807, 2.05) is 0 Å². The lowest BCUT2D eigenvalue weighted by molar-refractivity contribution is -0.176. The fourth-order valence-corrected chi connectivity index (χ4v) is 2.90. The molecule has 1 heterocycles. The van der Waals surface area contributed by atoms with E-state index in [2.05, 4.69) is 25.0 Å². The molecule has 21 heavy (non-hydrogen) atoms. The van der Waals surface area contributed by atoms with Gasteiger partial charge in [0.05, 0.1) is 13.7 Å². The van der Waals surface area contributed by atoms with Crippen molar-refractivity contribution < 1.29 is 19.2 Å². The third-order valence-corrected chi connectivity index (χ3v) is 5.53. The van der Waals surface area contributed by atoms with Gasteiger partial charge in [0.15, 0.2) is 0 Å². The number of carbonyl (C=O) groups is 2. The molecule has 0 aromatic rings. The Balaban J connectivity index is 2.51. The fraction of sp³-hybridized carbons (Fsp3) is 0.857. The number of ether oxygens (including phenoxy) is 1. The van der Waals surface area contributed by atoms with Crippen LogP contribution >= 0.6 is 9.16 Å². The highest BCUT2D eigenvalue weighted by Crippen LogP contribution is 2.54. The van der Waals surface area contributed by atoms with E-state index in [0.717, 1.165) is 5.75 Å². The van der Waals surface area contributed by atoms with Gasteiger partial charge in [-0.2, -0.15) is 0 Å². The van der Waals surface area contributed by atoms with E-state index in [0.29, 0.717) is 19.4 Å². The van der Waals surface area contributed by atoms with Gasteiger partial charge in [0.1, 0.15) is 12.8 Å². The molecule has 1 rings (SSSR count). The molecule has 0 saturated carbocycles. The van der Waals surface area contributed by atoms with Crippen molar-refractivity contribution in [2.24, 2.45) is 0 Å². The molecule has 0 N–H and O–H groups in total. The lowest BCUT2D eigenvalue weighted by Gasteiger charge is -2.46. The van der Waals surface area contributed by atoms with Gasteiger partial charge in [0, 0.05) is 13.5 Å². The second kappa shape index (κ2) is 6.54. The highest BCUT2D eigenvalue weighted by atomic mass is 32.3. The smallest absolute Gasteiger partial charge is 0.268 e. The van der Waals surface area contributed by atoms with Crippen LogP contribution in [0.1, 0.15) is 12.8 Å². The van der Waals surface area contributed by atoms with Crippen molar-refractivity contribution in [3.8, 4) is 0 Å². The van der Waals surface area contributed by atoms with Gasteiger partial charge in [-0.3, -0.25) is 23.6 Å². The summed E-state index contributed by atoms with van der Waals surface area (Å²) < 4.78 is 5.65. The van der Waals surface area contributed by atoms with Gasteiger partial charge in [0.25, 0.3) is 5.91 Å². The maximum absolute atomic E-state index is 12.1. The van der Waals surface area contributed by atoms with Gasteiger partial charge >= 0.3 is 0 Å². The molecule has 1 aliphatic heterocycles. The first-order chi connectivity index (χ1) is 9.51. The maximum Gasteiger partial charge on any atom is 0.268 e. The summed E-state index contributed by atoms with van der Waals surface area (Å²) in [6.45, 7) is 0.794. The number of nitrogens with zero attached hydrogens (tertiary/aromatic N) is 2. The number of amides is 2. The van der Waals surface area contributed by atoms with Crippen molar-refractivity contribution in [1.29, 1.82) is 0 Å². The van der Waals surface area contributed by atoms with Gasteiger partial charge in [-0.25, -0.2) is 5.06 Å². The molecule has 1 aliphatic rings. The largest absolute Gasteiger partial charge is 0.360 e. The minimum Gasteiger partial charge on any atom is -0.360 e. The van der Waals surface area contributed by atoms with E-state index < -0.39 is 15.2 Å². The molecule has 126 valence electrons. The van der Waals surface area contributed by atoms with Crippen LogP contribution in [-0.4, -0.2) is 86.1 Å². The van der Waals surface area contributed by atoms with E-state index in [1.54, 1.807) is 7.05 Å². The van der Waals surface area contributed by atoms with E-state index >= 15 is 0 Å². The number of carbonyl (C=O) groups excluding carboxylic acids is 2. The summed E-state index contributed by atoms with van der Waals surface area (Å²) in [7, 11) is 1.39. The molecule has 6 nitrogen and oxygen atoms in total. The van der Waals surface area contributed by atoms with Gasteiger partial charge in [0.2, 0.25) is 5.91 Å². The first-order valence-electron chi connectivity index (χ1n) is 7.20. The summed E-state index contributed by atoms with van der Waals surface area (Å²) in [5.41, 5.74) is 0. The summed E-state index contributed by atoms with van der Waals surface area (Å²) in [4.78, 5) is 30.4. The fourth-order valence-electron chi connectivity index (χ4n) is 2.04. The van der Waals surface area contributed by atoms with E-state index in [1.165, 1.54) is 17.1 Å². The van der Waals surface area contributed by atoms with Crippen LogP contribution in [0.5, 0.6) is 0 Å². The Morgan fingerprint density at radius 2 is 2.00 bits per heavy atom. The zero-order chi connectivity index (χ0) is 16.3. The van der Waals surface area contributed by atoms with Crippen molar-refractivity contribution in [2.45, 2.75) is 18.9 Å². The Morgan fingerprint density at radius 1 is 1.38 bits per heavy atom. The Labute approximate surface area is 128 Å². The van der Waals surface area contributed by atoms with Crippen LogP contribution in [0.3, 0.4) is 0 Å². The zero-order valence-electron chi connectivity index (χ0n) is 14.1. The summed E-state index contributed by atoms with van der Waals surface area (Å²) in [5, 5.41) is 1.17. The highest BCUT2D eigenvalue weighted by molar-refractivity contribution is 8.47. The molecular formula is C14H30N2O4S. The number of likely N-dealkylation sites (N-methyl/N-ethyl adjacent to an activating group) is 1. The molecule has 0 spiro atoms. The minimum absolute atomic E-state index is 0.0312. The molecule has 0 bridgehead atoms. The van der Waals surface area contributed by atoms with Crippen LogP contribution in [0, 0.1) is 0 Å². The minimum atomic E-state index is -1.60. The second-order valence-corrected chi connectivity index (χ2v) is 16.0. The zero-order valence-corrected chi connectivity index (χ0v) is 15.0. The third kappa shape index (κ3) is 5.84. The molecular weight excluding hydrogens is 292 g/mol. The normalized spacial score (nSPS) is 21.2. The van der Waals surface area contributed by atoms with Crippen LogP contribution in [-0.2, 0) is 19.2 Å². The van der Waals surface area contributed by atoms with E-state index in [4.69, 9.17) is 9.57 Å². The van der Waals surface area contributed by atoms with Gasteiger partial charge in [-0.05, 0) is 37.2 Å². The van der Waals surface area contributed by atoms with E-state index in [-0.39, 0.29) is 18.5 Å². The van der Waals surface area contributed by atoms with E-state index in [9.17, 15) is 9.59 Å². The number of thiol groups is 1. The summed E-state index contributed by atoms with van der Waals surface area (Å²) in [5.74, 6) is 0.768. The van der Waals surface area contributed by atoms with Gasteiger partial charge in [-0.15, -0.1) is 0 Å². The van der Waals surface area contributed by atoms with Crippen LogP contribution in [0.15, 0.2) is 0 Å². The van der Waals surface area contributed by atoms with Crippen molar-refractivity contribution in [2.75, 3.05) is 58.3 Å². The summed E-state index contributed by atoms with van der Waals surface area (Å²) in [6, 6.07) is -0.468. The SMILES string of the molecule is CON(C)C(=O)C1CCC(=O)N1COCC[SH](C)(C)(C)C. The first-order valence-corrected chi connectivity index (χ1v) is 11.4. The third-order valence-electron chi connectivity index (χ3n) is 3.56. The van der Waals surface area contributed by atoms with Crippen molar-refractivity contribution >= 4 is 21.0 Å². The molecule has 0 aliphatic carbocycles. The molecule has 0 aromatic carbocycles. The Hall–Kier alpha value is -0.790. The Bertz CT molecular complexity index is 396. The summed E-state index contributed by atoms with van der Waals surface area (Å²) in [6.07, 6.45) is 10.1. The van der Waals surface area contributed by atoms with Crippen LogP contribution < -0.4 is 0 Å². The lowest BCUT2D eigenvalue weighted by atomic mass is 10.2. The van der Waals surface area contributed by atoms with Crippen molar-refractivity contribution in [1.82, 2.24) is 9.96 Å². The highest BCUT2D eigenvalue weighted by Gasteiger charge is 2.37. The predicted octanol–water partition coefficient (Wildman–Crippen LogP) is 0.563. The average Bonchev–Trinajstić information content (AvgIpc) is 2.72. The van der Waals surface area contributed by atoms with Gasteiger partial charge < -0.3 is 9.64 Å². The lowest BCUT2D eigenvalue weighted by Crippen LogP contribution is -2.46. The second-order valence-electron chi connectivity index (χ2n) is 7.65. The van der Waals surface area contributed by atoms with Crippen molar-refractivity contribution in [3.05, 3.63) is 0 Å². The quantitative estimate of drug-likeness (QED) is 0.423. The number of likely N-dealkylation sites (tertiary alicyclic amines) is 1. The Kier molecular flexibility index (Phi) is 5.69. The molecule has 1 fully saturated rings. The molecule has 0 aromatic heterocycles. The topological polar surface area (TPSA) is 59.1 Å². The van der Waals surface area contributed by atoms with Crippen molar-refractivity contribution in [3.63, 3.8) is 0 Å². The molecule has 1 unspecified atom stereocenters. The predicted molar refractivity (Wildman–Crippen MR) is 88.0 cm³/mol. The standard InChI is InChI=1S/C14H30N2O4S/c1-15(19-2)14(18)12-7-8-13(17)16(12)11-20-9-10-21(3,4,5)6/h12,21H,7-11H2,1-6H3. The van der Waals surface area contributed by atoms with Crippen LogP contribution in [0.2, 0.25) is 0 Å². The molecule has 0 radical (unpaired) electrons. The molecule has 7 heteroatoms. The first kappa shape index (κ1) is 18.3. The summed E-state index contributed by atoms with van der Waals surface area (Å²) >= 11 is 0. The van der Waals surface area contributed by atoms with Crippen LogP contribution in [0.25, 0.3) is 0 Å². The number of hydrogen-bond acceptors (Lipinski definition) is 4. The molecule has 2 amide bonds. The maximum atomic E-state index is 12.1. The molecule has 1 saturated heterocycles. The number of rotatable bonds is 7. The molecule has 1 atom stereocenters. The average molecular weight is 322 g/mol. The van der Waals surface area contributed by atoms with Crippen LogP contribution in [0.4, 0.5) is 0 Å². The Morgan fingerprint density at radius 3 is 2.52 bits per heavy atom.